The number of aliphatic hydroxyl groups is 1. The highest BCUT2D eigenvalue weighted by Crippen LogP contribution is 2.47. The van der Waals surface area contributed by atoms with Crippen molar-refractivity contribution >= 4 is 51.1 Å². The Hall–Kier alpha value is -2.48. The Kier molecular flexibility index (Phi) is 8.51. The molecule has 4 saturated heterocycles. The van der Waals surface area contributed by atoms with Gasteiger partial charge in [0.2, 0.25) is 5.91 Å². The third-order valence-corrected chi connectivity index (χ3v) is 11.7. The summed E-state index contributed by atoms with van der Waals surface area (Å²) in [7, 11) is 0. The van der Waals surface area contributed by atoms with Gasteiger partial charge in [0.1, 0.15) is 45.8 Å². The summed E-state index contributed by atoms with van der Waals surface area (Å²) in [6.07, 6.45) is 2.86. The molecular formula is C29H36ClN5O5S2. The van der Waals surface area contributed by atoms with Gasteiger partial charge in [-0.25, -0.2) is 4.98 Å². The molecule has 0 aliphatic carbocycles. The number of β-lactam (4-membered cyclic amide) rings is 1. The van der Waals surface area contributed by atoms with E-state index in [0.29, 0.717) is 17.9 Å². The van der Waals surface area contributed by atoms with E-state index in [1.807, 2.05) is 13.0 Å². The maximum Gasteiger partial charge on any atom is 0.272 e. The predicted molar refractivity (Wildman–Crippen MR) is 154 cm³/mol. The Morgan fingerprint density at radius 2 is 1.90 bits per heavy atom. The summed E-state index contributed by atoms with van der Waals surface area (Å²) in [4.78, 5) is 42.1. The van der Waals surface area contributed by atoms with Crippen LogP contribution in [0.5, 0.6) is 0 Å². The van der Waals surface area contributed by atoms with Gasteiger partial charge in [0.05, 0.1) is 39.9 Å². The van der Waals surface area contributed by atoms with E-state index in [1.165, 1.54) is 10.5 Å². The number of piperazine rings is 3. The summed E-state index contributed by atoms with van der Waals surface area (Å²) in [5.41, 5.74) is 8.27. The average molecular weight is 634 g/mol. The van der Waals surface area contributed by atoms with Crippen molar-refractivity contribution in [1.29, 1.82) is 0 Å². The van der Waals surface area contributed by atoms with Crippen molar-refractivity contribution in [3.05, 3.63) is 47.2 Å². The topological polar surface area (TPSA) is 137 Å². The third kappa shape index (κ3) is 5.37. The highest BCUT2D eigenvalue weighted by Gasteiger charge is 2.58. The molecule has 1 aromatic heterocycles. The number of quaternary nitrogens is 2. The van der Waals surface area contributed by atoms with Crippen LogP contribution in [0.3, 0.4) is 0 Å². The summed E-state index contributed by atoms with van der Waals surface area (Å²) in [6, 6.07) is 6.21. The van der Waals surface area contributed by atoms with Gasteiger partial charge in [-0.05, 0) is 24.6 Å². The SMILES string of the molecule is C[C@@H](O)[C@H]1C(=O)N2C(C(=O)[O-])=C(/C=C/CSc3nc4cc(C[N+]56CC[N+](CC(N)=O)(CC5)CC6)ccc4s3)[C@H](C)[C@H]12.[Cl-]. The van der Waals surface area contributed by atoms with Gasteiger partial charge in [-0.15, -0.1) is 11.3 Å². The molecule has 0 spiro atoms. The lowest BCUT2D eigenvalue weighted by Gasteiger charge is -2.55. The van der Waals surface area contributed by atoms with Crippen molar-refractivity contribution in [2.24, 2.45) is 17.6 Å². The summed E-state index contributed by atoms with van der Waals surface area (Å²) in [5.74, 6) is -2.11. The number of primary amides is 1. The molecule has 6 heterocycles. The number of aliphatic hydroxyl groups excluding tert-OH is 1. The number of thioether (sulfide) groups is 1. The Bertz CT molecular complexity index is 1470. The number of halogens is 1. The highest BCUT2D eigenvalue weighted by molar-refractivity contribution is 8.01. The molecule has 10 nitrogen and oxygen atoms in total. The molecular weight excluding hydrogens is 598 g/mol. The Morgan fingerprint density at radius 3 is 2.52 bits per heavy atom. The zero-order chi connectivity index (χ0) is 29.1. The molecule has 7 rings (SSSR count). The molecule has 1 aromatic carbocycles. The molecule has 2 bridgehead atoms. The van der Waals surface area contributed by atoms with Crippen molar-refractivity contribution in [3.63, 3.8) is 0 Å². The Labute approximate surface area is 259 Å². The van der Waals surface area contributed by atoms with Gasteiger partial charge >= 0.3 is 0 Å². The van der Waals surface area contributed by atoms with Crippen LogP contribution in [0.1, 0.15) is 19.4 Å². The maximum atomic E-state index is 12.5. The summed E-state index contributed by atoms with van der Waals surface area (Å²) in [5, 5.41) is 21.9. The van der Waals surface area contributed by atoms with E-state index < -0.39 is 18.0 Å². The standard InChI is InChI=1S/C29H35N5O5S2.ClH/c1-17-20(26(28(38)39)32-25(17)24(18(2)35)27(32)37)4-3-13-40-29-31-21-14-19(5-6-22(21)41-29)15-33-7-10-34(11-8-33,12-9-33)16-23(30)36;/h3-6,14,17-18,24-25,35H,7-13,15-16H2,1-2H3,(H-2,30,36,38,39);1H/b4-3+;/t17-,18+,24+,25+,33?,34?;/m0./s1. The van der Waals surface area contributed by atoms with E-state index in [4.69, 9.17) is 10.7 Å². The normalized spacial score (nSPS) is 30.9. The van der Waals surface area contributed by atoms with Gasteiger partial charge < -0.3 is 47.0 Å². The number of hydrogen-bond donors (Lipinski definition) is 2. The summed E-state index contributed by atoms with van der Waals surface area (Å²) in [6.45, 7) is 11.1. The van der Waals surface area contributed by atoms with E-state index in [9.17, 15) is 24.6 Å². The van der Waals surface area contributed by atoms with E-state index in [0.717, 1.165) is 69.3 Å². The molecule has 0 unspecified atom stereocenters. The van der Waals surface area contributed by atoms with Crippen LogP contribution in [-0.2, 0) is 20.9 Å². The fraction of sp³-hybridized carbons (Fsp3) is 0.517. The number of carbonyl (C=O) groups is 3. The molecule has 0 saturated carbocycles. The van der Waals surface area contributed by atoms with Crippen LogP contribution in [0.4, 0.5) is 0 Å². The molecule has 5 aliphatic rings. The smallest absolute Gasteiger partial charge is 0.272 e. The second-order valence-electron chi connectivity index (χ2n) is 12.1. The van der Waals surface area contributed by atoms with Crippen LogP contribution in [0.2, 0.25) is 0 Å². The number of carboxylic acid groups (broad SMARTS) is 1. The predicted octanol–water partition coefficient (Wildman–Crippen LogP) is -2.54. The van der Waals surface area contributed by atoms with Gasteiger partial charge in [-0.2, -0.15) is 0 Å². The van der Waals surface area contributed by atoms with Gasteiger partial charge in [-0.1, -0.05) is 36.9 Å². The van der Waals surface area contributed by atoms with Crippen molar-refractivity contribution in [1.82, 2.24) is 9.88 Å². The lowest BCUT2D eigenvalue weighted by molar-refractivity contribution is -1.08. The van der Waals surface area contributed by atoms with Gasteiger partial charge in [0, 0.05) is 17.2 Å². The molecule has 226 valence electrons. The summed E-state index contributed by atoms with van der Waals surface area (Å²) >= 11 is 3.23. The molecule has 42 heavy (non-hydrogen) atoms. The van der Waals surface area contributed by atoms with Gasteiger partial charge in [0.25, 0.3) is 5.91 Å². The fourth-order valence-electron chi connectivity index (χ4n) is 7.35. The lowest BCUT2D eigenvalue weighted by Crippen LogP contribution is -3.00. The molecule has 2 aromatic rings. The number of rotatable bonds is 10. The van der Waals surface area contributed by atoms with Crippen LogP contribution >= 0.6 is 23.1 Å². The van der Waals surface area contributed by atoms with Crippen LogP contribution in [0.25, 0.3) is 10.2 Å². The zero-order valence-electron chi connectivity index (χ0n) is 23.7. The maximum absolute atomic E-state index is 12.5. The number of carbonyl (C=O) groups excluding carboxylic acids is 3. The van der Waals surface area contributed by atoms with Gasteiger partial charge in [-0.3, -0.25) is 9.59 Å². The average Bonchev–Trinajstić information content (AvgIpc) is 3.43. The number of aliphatic carboxylic acids is 1. The molecule has 4 fully saturated rings. The van der Waals surface area contributed by atoms with Crippen LogP contribution in [0.15, 0.2) is 46.0 Å². The van der Waals surface area contributed by atoms with Gasteiger partial charge in [0.15, 0.2) is 10.9 Å². The molecule has 13 heteroatoms. The number of fused-ring (bicyclic) bond motifs is 5. The molecule has 5 aliphatic heterocycles. The monoisotopic (exact) mass is 633 g/mol. The number of thiazole rings is 1. The number of hydrogen-bond acceptors (Lipinski definition) is 8. The minimum Gasteiger partial charge on any atom is -1.00 e. The fourth-order valence-corrected chi connectivity index (χ4v) is 9.23. The third-order valence-electron chi connectivity index (χ3n) is 9.61. The van der Waals surface area contributed by atoms with Crippen molar-refractivity contribution in [2.75, 3.05) is 51.6 Å². The van der Waals surface area contributed by atoms with Crippen LogP contribution in [0, 0.1) is 11.8 Å². The number of aromatic nitrogens is 1. The first-order chi connectivity index (χ1) is 19.5. The van der Waals surface area contributed by atoms with Crippen LogP contribution in [-0.4, -0.2) is 105 Å². The first kappa shape index (κ1) is 31.0. The number of amides is 2. The Balaban J connectivity index is 0.00000353. The van der Waals surface area contributed by atoms with E-state index in [1.54, 1.807) is 36.1 Å². The lowest BCUT2D eigenvalue weighted by atomic mass is 9.78. The minimum atomic E-state index is -1.37. The molecule has 4 atom stereocenters. The number of nitrogens with zero attached hydrogens (tertiary/aromatic N) is 4. The van der Waals surface area contributed by atoms with Crippen molar-refractivity contribution < 1.29 is 46.0 Å². The first-order valence-electron chi connectivity index (χ1n) is 14.2. The second-order valence-corrected chi connectivity index (χ2v) is 14.4. The largest absolute Gasteiger partial charge is 1.00 e. The number of nitrogens with two attached hydrogens (primary N) is 1. The molecule has 3 N–H and O–H groups in total. The number of carboxylic acids is 1. The highest BCUT2D eigenvalue weighted by atomic mass is 35.5. The van der Waals surface area contributed by atoms with Crippen molar-refractivity contribution in [3.8, 4) is 0 Å². The zero-order valence-corrected chi connectivity index (χ0v) is 26.1. The first-order valence-corrected chi connectivity index (χ1v) is 16.0. The van der Waals surface area contributed by atoms with Crippen molar-refractivity contribution in [2.45, 2.75) is 36.9 Å². The van der Waals surface area contributed by atoms with E-state index in [2.05, 4.69) is 18.2 Å². The summed E-state index contributed by atoms with van der Waals surface area (Å²) < 4.78 is 3.98. The van der Waals surface area contributed by atoms with E-state index >= 15 is 0 Å². The number of benzene rings is 1. The molecule has 0 radical (unpaired) electrons. The van der Waals surface area contributed by atoms with Crippen LogP contribution < -0.4 is 23.2 Å². The quantitative estimate of drug-likeness (QED) is 0.167. The number of allylic oxidation sites excluding steroid dienone is 1. The minimum absolute atomic E-state index is 0. The Morgan fingerprint density at radius 1 is 1.24 bits per heavy atom. The molecule has 2 amide bonds. The second kappa shape index (κ2) is 11.5. The van der Waals surface area contributed by atoms with E-state index in [-0.39, 0.29) is 41.9 Å².